The molecular weight excluding hydrogens is 563 g/mol. The number of halogens is 5. The molecule has 1 fully saturated rings. The van der Waals surface area contributed by atoms with E-state index in [4.69, 9.17) is 9.72 Å². The summed E-state index contributed by atoms with van der Waals surface area (Å²) >= 11 is 0. The van der Waals surface area contributed by atoms with Crippen LogP contribution in [0.15, 0.2) is 49.3 Å². The van der Waals surface area contributed by atoms with Gasteiger partial charge in [0.05, 0.1) is 18.4 Å². The summed E-state index contributed by atoms with van der Waals surface area (Å²) in [4.78, 5) is 21.2. The third kappa shape index (κ3) is 4.48. The fourth-order valence-electron chi connectivity index (χ4n) is 4.92. The molecule has 6 aromatic rings. The number of aromatic nitrogens is 10. The number of alkyl halides is 5. The van der Waals surface area contributed by atoms with Gasteiger partial charge in [-0.2, -0.15) is 22.0 Å². The van der Waals surface area contributed by atoms with E-state index in [-0.39, 0.29) is 35.6 Å². The van der Waals surface area contributed by atoms with Gasteiger partial charge in [-0.15, -0.1) is 10.2 Å². The van der Waals surface area contributed by atoms with E-state index in [0.717, 1.165) is 24.6 Å². The maximum Gasteiger partial charge on any atom is 0.434 e. The molecule has 1 saturated carbocycles. The van der Waals surface area contributed by atoms with Gasteiger partial charge in [-0.05, 0) is 18.4 Å². The number of hydrogen-bond donors (Lipinski definition) is 0. The van der Waals surface area contributed by atoms with E-state index in [2.05, 4.69) is 30.1 Å². The molecule has 5 heterocycles. The molecule has 1 aromatic carbocycles. The number of ether oxygens (including phenoxy) is 1. The fourth-order valence-corrected chi connectivity index (χ4v) is 4.92. The largest absolute Gasteiger partial charge is 0.434 e. The number of benzene rings is 1. The van der Waals surface area contributed by atoms with Gasteiger partial charge in [0.25, 0.3) is 0 Å². The van der Waals surface area contributed by atoms with Gasteiger partial charge in [0, 0.05) is 24.7 Å². The second kappa shape index (κ2) is 9.53. The van der Waals surface area contributed by atoms with E-state index in [1.54, 1.807) is 39.4 Å². The molecule has 11 nitrogen and oxygen atoms in total. The smallest absolute Gasteiger partial charge is 0.416 e. The van der Waals surface area contributed by atoms with Crippen LogP contribution in [0.4, 0.5) is 22.0 Å². The molecular formula is C26H19F5N10O. The third-order valence-electron chi connectivity index (χ3n) is 6.99. The van der Waals surface area contributed by atoms with E-state index in [9.17, 15) is 22.0 Å². The quantitative estimate of drug-likeness (QED) is 0.245. The Bertz CT molecular complexity index is 1940. The molecule has 0 atom stereocenters. The predicted molar refractivity (Wildman–Crippen MR) is 136 cm³/mol. The van der Waals surface area contributed by atoms with Gasteiger partial charge in [-0.3, -0.25) is 8.97 Å². The summed E-state index contributed by atoms with van der Waals surface area (Å²) in [5.41, 5.74) is 2.10. The summed E-state index contributed by atoms with van der Waals surface area (Å²) in [5, 5.41) is 8.19. The zero-order valence-corrected chi connectivity index (χ0v) is 21.7. The normalized spacial score (nSPS) is 14.0. The molecule has 0 spiro atoms. The van der Waals surface area contributed by atoms with Crippen LogP contribution in [-0.4, -0.2) is 55.3 Å². The Kier molecular flexibility index (Phi) is 5.88. The molecule has 0 bridgehead atoms. The molecule has 1 aliphatic carbocycles. The molecule has 7 rings (SSSR count). The highest BCUT2D eigenvalue weighted by atomic mass is 19.4. The third-order valence-corrected chi connectivity index (χ3v) is 6.99. The molecule has 1 aliphatic rings. The molecule has 0 radical (unpaired) electrons. The first-order valence-electron chi connectivity index (χ1n) is 12.7. The molecule has 42 heavy (non-hydrogen) atoms. The highest BCUT2D eigenvalue weighted by Gasteiger charge is 2.35. The molecule has 214 valence electrons. The lowest BCUT2D eigenvalue weighted by atomic mass is 10.1. The van der Waals surface area contributed by atoms with Crippen LogP contribution in [-0.2, 0) is 19.8 Å². The van der Waals surface area contributed by atoms with E-state index >= 15 is 0 Å². The maximum atomic E-state index is 13.2. The Morgan fingerprint density at radius 3 is 2.52 bits per heavy atom. The Balaban J connectivity index is 1.29. The van der Waals surface area contributed by atoms with Gasteiger partial charge in [-0.1, -0.05) is 24.3 Å². The van der Waals surface area contributed by atoms with Crippen molar-refractivity contribution in [3.8, 4) is 28.7 Å². The van der Waals surface area contributed by atoms with Gasteiger partial charge in [0.15, 0.2) is 17.2 Å². The van der Waals surface area contributed by atoms with Gasteiger partial charge < -0.3 is 9.30 Å². The Labute approximate surface area is 232 Å². The second-order valence-electron chi connectivity index (χ2n) is 9.84. The first-order valence-corrected chi connectivity index (χ1v) is 12.7. The van der Waals surface area contributed by atoms with Crippen LogP contribution in [0.1, 0.15) is 35.7 Å². The zero-order chi connectivity index (χ0) is 29.2. The minimum Gasteiger partial charge on any atom is -0.416 e. The number of imidazole rings is 2. The number of nitrogens with zero attached hydrogens (tertiary/aromatic N) is 10. The lowest BCUT2D eigenvalue weighted by Crippen LogP contribution is -2.09. The van der Waals surface area contributed by atoms with Gasteiger partial charge in [-0.25, -0.2) is 24.9 Å². The summed E-state index contributed by atoms with van der Waals surface area (Å²) in [7, 11) is 1.50. The summed E-state index contributed by atoms with van der Waals surface area (Å²) in [5.74, 6) is 0.525. The van der Waals surface area contributed by atoms with E-state index < -0.39 is 18.5 Å². The van der Waals surface area contributed by atoms with Crippen LogP contribution in [0.2, 0.25) is 0 Å². The zero-order valence-electron chi connectivity index (χ0n) is 21.7. The van der Waals surface area contributed by atoms with Crippen LogP contribution in [0.3, 0.4) is 0 Å². The van der Waals surface area contributed by atoms with Crippen molar-refractivity contribution in [2.45, 2.75) is 38.1 Å². The minimum absolute atomic E-state index is 0.0695. The van der Waals surface area contributed by atoms with Gasteiger partial charge in [0.2, 0.25) is 11.7 Å². The lowest BCUT2D eigenvalue weighted by Gasteiger charge is -2.12. The van der Waals surface area contributed by atoms with E-state index in [1.807, 2.05) is 0 Å². The summed E-state index contributed by atoms with van der Waals surface area (Å²) in [6.45, 7) is -2.83. The lowest BCUT2D eigenvalue weighted by molar-refractivity contribution is -0.140. The van der Waals surface area contributed by atoms with Crippen molar-refractivity contribution in [3.63, 3.8) is 0 Å². The highest BCUT2D eigenvalue weighted by molar-refractivity contribution is 5.79. The van der Waals surface area contributed by atoms with Crippen molar-refractivity contribution >= 4 is 16.9 Å². The average molecular weight is 582 g/mol. The van der Waals surface area contributed by atoms with E-state index in [0.29, 0.717) is 28.2 Å². The van der Waals surface area contributed by atoms with Crippen LogP contribution in [0, 0.1) is 0 Å². The summed E-state index contributed by atoms with van der Waals surface area (Å²) < 4.78 is 75.4. The van der Waals surface area contributed by atoms with Gasteiger partial charge in [0.1, 0.15) is 29.6 Å². The first-order chi connectivity index (χ1) is 20.2. The second-order valence-corrected chi connectivity index (χ2v) is 9.84. The molecule has 0 amide bonds. The summed E-state index contributed by atoms with van der Waals surface area (Å²) in [6.07, 6.45) is 2.33. The highest BCUT2D eigenvalue weighted by Crippen LogP contribution is 2.45. The predicted octanol–water partition coefficient (Wildman–Crippen LogP) is 4.88. The van der Waals surface area contributed by atoms with Crippen molar-refractivity contribution in [2.75, 3.05) is 0 Å². The molecule has 5 aromatic heterocycles. The average Bonchev–Trinajstić information content (AvgIpc) is 3.43. The SMILES string of the molecule is Cn1cc(C(F)(F)F)nc1-c1ccc(Cn2c3nc(-c4c(OC(F)F)ncnc4C4CC4)ncc3n3cnnc23)cc1. The molecule has 0 aliphatic heterocycles. The van der Waals surface area contributed by atoms with Crippen LogP contribution in [0.25, 0.3) is 39.7 Å². The number of hydrogen-bond acceptors (Lipinski definition) is 8. The standard InChI is InChI=1S/C26H19F5N10O/c1-39-10-17(26(29,30)31)36-21(39)15-4-2-13(3-5-15)9-40-22-16(41-12-35-38-25(40)41)8-32-20(37-22)18-19(14-6-7-14)33-11-34-23(18)42-24(27)28/h2-5,8,10-12,14,24H,6-7,9H2,1H3. The fraction of sp³-hybridized carbons (Fsp3) is 0.269. The monoisotopic (exact) mass is 582 g/mol. The minimum atomic E-state index is -4.55. The Hall–Kier alpha value is -5.02. The van der Waals surface area contributed by atoms with Crippen molar-refractivity contribution in [1.82, 2.24) is 48.7 Å². The number of aryl methyl sites for hydroxylation is 1. The summed E-state index contributed by atoms with van der Waals surface area (Å²) in [6, 6.07) is 6.90. The molecule has 0 N–H and O–H groups in total. The Morgan fingerprint density at radius 1 is 1.05 bits per heavy atom. The molecule has 16 heteroatoms. The van der Waals surface area contributed by atoms with Crippen molar-refractivity contribution in [2.24, 2.45) is 7.05 Å². The first kappa shape index (κ1) is 25.9. The Morgan fingerprint density at radius 2 is 1.83 bits per heavy atom. The maximum absolute atomic E-state index is 13.2. The van der Waals surface area contributed by atoms with Crippen molar-refractivity contribution in [3.05, 3.63) is 66.3 Å². The molecule has 0 unspecified atom stereocenters. The van der Waals surface area contributed by atoms with E-state index in [1.165, 1.54) is 24.3 Å². The van der Waals surface area contributed by atoms with Crippen LogP contribution in [0.5, 0.6) is 5.88 Å². The van der Waals surface area contributed by atoms with Gasteiger partial charge >= 0.3 is 12.8 Å². The van der Waals surface area contributed by atoms with Crippen LogP contribution >= 0.6 is 0 Å². The van der Waals surface area contributed by atoms with Crippen molar-refractivity contribution in [1.29, 1.82) is 0 Å². The van der Waals surface area contributed by atoms with Crippen molar-refractivity contribution < 1.29 is 26.7 Å². The topological polar surface area (TPSA) is 114 Å². The molecule has 0 saturated heterocycles. The number of rotatable bonds is 7. The van der Waals surface area contributed by atoms with Crippen LogP contribution < -0.4 is 4.74 Å². The number of fused-ring (bicyclic) bond motifs is 3.